The molecular formula is C18H18N4O5. The van der Waals surface area contributed by atoms with Crippen molar-refractivity contribution < 1.29 is 23.7 Å². The molecule has 0 aliphatic carbocycles. The van der Waals surface area contributed by atoms with E-state index in [4.69, 9.17) is 24.7 Å². The van der Waals surface area contributed by atoms with Crippen LogP contribution in [0.15, 0.2) is 29.7 Å². The summed E-state index contributed by atoms with van der Waals surface area (Å²) in [5.41, 5.74) is 7.89. The second-order valence-corrected chi connectivity index (χ2v) is 5.71. The van der Waals surface area contributed by atoms with Gasteiger partial charge < -0.3 is 24.7 Å². The maximum Gasteiger partial charge on any atom is 0.311 e. The van der Waals surface area contributed by atoms with Gasteiger partial charge in [-0.3, -0.25) is 9.89 Å². The van der Waals surface area contributed by atoms with Gasteiger partial charge in [0.15, 0.2) is 11.5 Å². The van der Waals surface area contributed by atoms with E-state index >= 15 is 0 Å². The van der Waals surface area contributed by atoms with Crippen LogP contribution in [0, 0.1) is 11.3 Å². The monoisotopic (exact) mass is 370 g/mol. The minimum absolute atomic E-state index is 0.0408. The summed E-state index contributed by atoms with van der Waals surface area (Å²) in [4.78, 5) is 11.8. The Hall–Kier alpha value is -3.67. The smallest absolute Gasteiger partial charge is 0.311 e. The Balaban J connectivity index is 2.17. The van der Waals surface area contributed by atoms with Gasteiger partial charge in [-0.25, -0.2) is 0 Å². The van der Waals surface area contributed by atoms with E-state index in [0.717, 1.165) is 0 Å². The molecule has 0 bridgehead atoms. The van der Waals surface area contributed by atoms with E-state index in [2.05, 4.69) is 16.3 Å². The van der Waals surface area contributed by atoms with Gasteiger partial charge in [0.05, 0.1) is 44.9 Å². The number of nitrogens with zero attached hydrogens (tertiary/aromatic N) is 2. The summed E-state index contributed by atoms with van der Waals surface area (Å²) in [5, 5.41) is 16.5. The third kappa shape index (κ3) is 3.13. The van der Waals surface area contributed by atoms with Crippen LogP contribution in [-0.4, -0.2) is 37.5 Å². The molecule has 9 nitrogen and oxygen atoms in total. The van der Waals surface area contributed by atoms with Gasteiger partial charge >= 0.3 is 5.97 Å². The van der Waals surface area contributed by atoms with Crippen LogP contribution in [0.25, 0.3) is 0 Å². The second kappa shape index (κ2) is 7.29. The highest BCUT2D eigenvalue weighted by Crippen LogP contribution is 2.44. The van der Waals surface area contributed by atoms with E-state index in [1.54, 1.807) is 18.2 Å². The molecule has 1 atom stereocenters. The summed E-state index contributed by atoms with van der Waals surface area (Å²) in [6, 6.07) is 7.36. The molecule has 0 saturated heterocycles. The predicted molar refractivity (Wildman–Crippen MR) is 93.2 cm³/mol. The van der Waals surface area contributed by atoms with Gasteiger partial charge in [0.2, 0.25) is 11.8 Å². The average Bonchev–Trinajstić information content (AvgIpc) is 3.07. The number of carbonyl (C=O) groups excluding carboxylic acids is 1. The van der Waals surface area contributed by atoms with Crippen molar-refractivity contribution in [3.05, 3.63) is 46.5 Å². The lowest BCUT2D eigenvalue weighted by Crippen LogP contribution is -2.22. The Bertz CT molecular complexity index is 957. The summed E-state index contributed by atoms with van der Waals surface area (Å²) in [6.45, 7) is 0. The van der Waals surface area contributed by atoms with Crippen LogP contribution in [-0.2, 0) is 16.0 Å². The number of allylic oxidation sites excluding steroid dienone is 1. The number of esters is 1. The fourth-order valence-corrected chi connectivity index (χ4v) is 3.03. The van der Waals surface area contributed by atoms with Crippen molar-refractivity contribution in [2.45, 2.75) is 12.3 Å². The molecule has 0 unspecified atom stereocenters. The zero-order valence-corrected chi connectivity index (χ0v) is 15.0. The second-order valence-electron chi connectivity index (χ2n) is 5.71. The van der Waals surface area contributed by atoms with E-state index in [1.807, 2.05) is 0 Å². The van der Waals surface area contributed by atoms with Crippen LogP contribution in [0.2, 0.25) is 0 Å². The molecule has 0 fully saturated rings. The molecule has 140 valence electrons. The summed E-state index contributed by atoms with van der Waals surface area (Å²) in [6.07, 6.45) is -0.0510. The number of ether oxygens (including phenoxy) is 4. The van der Waals surface area contributed by atoms with E-state index < -0.39 is 11.9 Å². The molecule has 1 aromatic heterocycles. The van der Waals surface area contributed by atoms with Crippen molar-refractivity contribution >= 4 is 5.97 Å². The van der Waals surface area contributed by atoms with Crippen molar-refractivity contribution in [1.82, 2.24) is 10.2 Å². The minimum atomic E-state index is -0.586. The number of fused-ring (bicyclic) bond motifs is 1. The van der Waals surface area contributed by atoms with Gasteiger partial charge in [0.25, 0.3) is 0 Å². The van der Waals surface area contributed by atoms with Crippen LogP contribution in [0.5, 0.6) is 17.4 Å². The molecule has 1 aliphatic rings. The van der Waals surface area contributed by atoms with E-state index in [-0.39, 0.29) is 23.8 Å². The number of H-pyrrole nitrogens is 1. The molecule has 2 heterocycles. The van der Waals surface area contributed by atoms with Gasteiger partial charge in [-0.1, -0.05) is 6.07 Å². The predicted octanol–water partition coefficient (Wildman–Crippen LogP) is 1.36. The number of nitriles is 1. The third-order valence-corrected chi connectivity index (χ3v) is 4.31. The third-order valence-electron chi connectivity index (χ3n) is 4.31. The fourth-order valence-electron chi connectivity index (χ4n) is 3.03. The number of rotatable bonds is 5. The SMILES string of the molecule is COC(=O)Cc1[nH]nc2c1[C@@H](c1ccc(OC)c(OC)c1)C(C#N)=C(N)O2. The van der Waals surface area contributed by atoms with Crippen LogP contribution in [0.4, 0.5) is 0 Å². The number of hydrogen-bond acceptors (Lipinski definition) is 8. The average molecular weight is 370 g/mol. The first-order chi connectivity index (χ1) is 13.0. The van der Waals surface area contributed by atoms with E-state index in [0.29, 0.717) is 28.3 Å². The maximum absolute atomic E-state index is 11.8. The first-order valence-corrected chi connectivity index (χ1v) is 7.97. The molecule has 3 rings (SSSR count). The van der Waals surface area contributed by atoms with Crippen LogP contribution < -0.4 is 19.9 Å². The Labute approximate surface area is 155 Å². The molecule has 0 amide bonds. The Morgan fingerprint density at radius 1 is 1.33 bits per heavy atom. The topological polar surface area (TPSA) is 132 Å². The van der Waals surface area contributed by atoms with Gasteiger partial charge in [-0.2, -0.15) is 5.26 Å². The highest BCUT2D eigenvalue weighted by molar-refractivity contribution is 5.73. The first kappa shape index (κ1) is 18.1. The molecule has 0 radical (unpaired) electrons. The summed E-state index contributed by atoms with van der Waals surface area (Å²) in [5.74, 6) is 0.180. The van der Waals surface area contributed by atoms with Crippen LogP contribution in [0.1, 0.15) is 22.7 Å². The van der Waals surface area contributed by atoms with Crippen LogP contribution >= 0.6 is 0 Å². The van der Waals surface area contributed by atoms with Gasteiger partial charge in [-0.05, 0) is 17.7 Å². The van der Waals surface area contributed by atoms with Gasteiger partial charge in [-0.15, -0.1) is 5.10 Å². The van der Waals surface area contributed by atoms with Crippen molar-refractivity contribution in [3.8, 4) is 23.4 Å². The van der Waals surface area contributed by atoms with Crippen molar-refractivity contribution in [1.29, 1.82) is 5.26 Å². The summed E-state index contributed by atoms with van der Waals surface area (Å²) < 4.78 is 20.8. The standard InChI is InChI=1S/C18H18N4O5/c1-24-12-5-4-9(6-13(12)25-2)15-10(8-19)17(20)27-18-16(15)11(21-22-18)7-14(23)26-3/h4-6,15H,7,20H2,1-3H3,(H,21,22)/t15-/m0/s1. The first-order valence-electron chi connectivity index (χ1n) is 7.97. The molecule has 0 spiro atoms. The molecule has 27 heavy (non-hydrogen) atoms. The van der Waals surface area contributed by atoms with Crippen molar-refractivity contribution in [2.75, 3.05) is 21.3 Å². The zero-order valence-electron chi connectivity index (χ0n) is 15.0. The normalized spacial score (nSPS) is 15.4. The molecule has 3 N–H and O–H groups in total. The number of methoxy groups -OCH3 is 3. The van der Waals surface area contributed by atoms with E-state index in [9.17, 15) is 10.1 Å². The van der Waals surface area contributed by atoms with E-state index in [1.165, 1.54) is 21.3 Å². The highest BCUT2D eigenvalue weighted by atomic mass is 16.5. The maximum atomic E-state index is 11.8. The number of aromatic amines is 1. The largest absolute Gasteiger partial charge is 0.493 e. The molecule has 2 aromatic rings. The number of nitrogens with one attached hydrogen (secondary N) is 1. The fraction of sp³-hybridized carbons (Fsp3) is 0.278. The number of hydrogen-bond donors (Lipinski definition) is 2. The molecule has 1 aromatic carbocycles. The van der Waals surface area contributed by atoms with Crippen molar-refractivity contribution in [2.24, 2.45) is 5.73 Å². The quantitative estimate of drug-likeness (QED) is 0.754. The number of carbonyl (C=O) groups is 1. The number of nitrogens with two attached hydrogens (primary N) is 1. The van der Waals surface area contributed by atoms with Crippen LogP contribution in [0.3, 0.4) is 0 Å². The molecular weight excluding hydrogens is 352 g/mol. The zero-order chi connectivity index (χ0) is 19.6. The Morgan fingerprint density at radius 2 is 2.07 bits per heavy atom. The molecule has 0 saturated carbocycles. The van der Waals surface area contributed by atoms with Gasteiger partial charge in [0, 0.05) is 0 Å². The van der Waals surface area contributed by atoms with Crippen molar-refractivity contribution in [3.63, 3.8) is 0 Å². The Kier molecular flexibility index (Phi) is 4.90. The lowest BCUT2D eigenvalue weighted by atomic mass is 9.83. The van der Waals surface area contributed by atoms with Gasteiger partial charge in [0.1, 0.15) is 11.6 Å². The lowest BCUT2D eigenvalue weighted by molar-refractivity contribution is -0.139. The molecule has 1 aliphatic heterocycles. The minimum Gasteiger partial charge on any atom is -0.493 e. The highest BCUT2D eigenvalue weighted by Gasteiger charge is 2.36. The molecule has 9 heteroatoms. The Morgan fingerprint density at radius 3 is 2.70 bits per heavy atom. The summed E-state index contributed by atoms with van der Waals surface area (Å²) >= 11 is 0. The summed E-state index contributed by atoms with van der Waals surface area (Å²) in [7, 11) is 4.35. The lowest BCUT2D eigenvalue weighted by Gasteiger charge is -2.24. The number of aromatic nitrogens is 2. The number of benzene rings is 1.